The molecule has 0 saturated carbocycles. The van der Waals surface area contributed by atoms with Gasteiger partial charge in [-0.15, -0.1) is 0 Å². The van der Waals surface area contributed by atoms with Crippen molar-refractivity contribution in [3.63, 3.8) is 0 Å². The molecule has 0 spiro atoms. The van der Waals surface area contributed by atoms with Crippen LogP contribution in [0.15, 0.2) is 24.3 Å². The molecule has 0 aromatic rings. The van der Waals surface area contributed by atoms with Crippen LogP contribution in [-0.4, -0.2) is 13.1 Å². The van der Waals surface area contributed by atoms with Crippen molar-refractivity contribution in [1.82, 2.24) is 5.32 Å². The minimum absolute atomic E-state index is 1.08. The van der Waals surface area contributed by atoms with Crippen molar-refractivity contribution in [3.8, 4) is 0 Å². The Morgan fingerprint density at radius 2 is 1.85 bits per heavy atom. The van der Waals surface area contributed by atoms with Crippen LogP contribution in [-0.2, 0) is 0 Å². The largest absolute Gasteiger partial charge is 0.317 e. The summed E-state index contributed by atoms with van der Waals surface area (Å²) in [6.07, 6.45) is 4.93. The molecular formula is C12H23N. The number of nitrogens with one attached hydrogen (secondary N) is 1. The van der Waals surface area contributed by atoms with Crippen LogP contribution >= 0.6 is 0 Å². The fourth-order valence-electron chi connectivity index (χ4n) is 1.16. The van der Waals surface area contributed by atoms with Gasteiger partial charge in [0.05, 0.1) is 0 Å². The molecule has 0 saturated heterocycles. The first-order valence-electron chi connectivity index (χ1n) is 5.22. The molecule has 0 atom stereocenters. The van der Waals surface area contributed by atoms with Gasteiger partial charge in [-0.1, -0.05) is 37.6 Å². The second-order valence-electron chi connectivity index (χ2n) is 3.55. The van der Waals surface area contributed by atoms with E-state index < -0.39 is 0 Å². The van der Waals surface area contributed by atoms with Crippen LogP contribution in [0.2, 0.25) is 0 Å². The van der Waals surface area contributed by atoms with Gasteiger partial charge in [0.15, 0.2) is 0 Å². The Morgan fingerprint density at radius 1 is 1.15 bits per heavy atom. The van der Waals surface area contributed by atoms with Gasteiger partial charge in [-0.3, -0.25) is 0 Å². The SMILES string of the molecule is C=C(C)C(=C)CCCCCNCC. The molecule has 1 nitrogen and oxygen atoms in total. The van der Waals surface area contributed by atoms with E-state index >= 15 is 0 Å². The summed E-state index contributed by atoms with van der Waals surface area (Å²) < 4.78 is 0. The third-order valence-corrected chi connectivity index (χ3v) is 2.19. The zero-order chi connectivity index (χ0) is 10.1. The summed E-state index contributed by atoms with van der Waals surface area (Å²) in [5.74, 6) is 0. The molecule has 0 unspecified atom stereocenters. The van der Waals surface area contributed by atoms with Gasteiger partial charge < -0.3 is 5.32 Å². The van der Waals surface area contributed by atoms with Gasteiger partial charge in [-0.2, -0.15) is 0 Å². The van der Waals surface area contributed by atoms with E-state index in [1.807, 2.05) is 6.92 Å². The molecule has 1 heteroatoms. The Labute approximate surface area is 82.9 Å². The van der Waals surface area contributed by atoms with Crippen LogP contribution in [0.5, 0.6) is 0 Å². The summed E-state index contributed by atoms with van der Waals surface area (Å²) in [7, 11) is 0. The Hall–Kier alpha value is -0.560. The predicted octanol–water partition coefficient (Wildman–Crippen LogP) is 3.29. The highest BCUT2D eigenvalue weighted by atomic mass is 14.8. The fourth-order valence-corrected chi connectivity index (χ4v) is 1.16. The first kappa shape index (κ1) is 12.4. The normalized spacial score (nSPS) is 10.0. The number of allylic oxidation sites excluding steroid dienone is 2. The summed E-state index contributed by atoms with van der Waals surface area (Å²) >= 11 is 0. The average molecular weight is 181 g/mol. The van der Waals surface area contributed by atoms with Crippen LogP contribution in [0.3, 0.4) is 0 Å². The van der Waals surface area contributed by atoms with Gasteiger partial charge in [0.2, 0.25) is 0 Å². The zero-order valence-corrected chi connectivity index (χ0v) is 9.16. The highest BCUT2D eigenvalue weighted by Crippen LogP contribution is 2.12. The standard InChI is InChI=1S/C12H23N/c1-5-13-10-8-6-7-9-12(4)11(2)3/h13H,2,4-10H2,1,3H3. The summed E-state index contributed by atoms with van der Waals surface area (Å²) in [5.41, 5.74) is 2.34. The van der Waals surface area contributed by atoms with Crippen LogP contribution in [0.25, 0.3) is 0 Å². The lowest BCUT2D eigenvalue weighted by molar-refractivity contribution is 0.617. The molecule has 0 bridgehead atoms. The van der Waals surface area contributed by atoms with Gasteiger partial charge in [0.25, 0.3) is 0 Å². The van der Waals surface area contributed by atoms with E-state index in [-0.39, 0.29) is 0 Å². The molecule has 0 aromatic carbocycles. The first-order valence-corrected chi connectivity index (χ1v) is 5.22. The van der Waals surface area contributed by atoms with E-state index in [9.17, 15) is 0 Å². The quantitative estimate of drug-likeness (QED) is 0.447. The first-order chi connectivity index (χ1) is 6.18. The lowest BCUT2D eigenvalue weighted by Gasteiger charge is -2.04. The van der Waals surface area contributed by atoms with Gasteiger partial charge in [-0.25, -0.2) is 0 Å². The zero-order valence-electron chi connectivity index (χ0n) is 9.16. The molecule has 1 N–H and O–H groups in total. The summed E-state index contributed by atoms with van der Waals surface area (Å²) in [4.78, 5) is 0. The van der Waals surface area contributed by atoms with Gasteiger partial charge in [-0.05, 0) is 39.3 Å². The van der Waals surface area contributed by atoms with E-state index in [0.717, 1.165) is 25.1 Å². The molecule has 0 aliphatic heterocycles. The molecule has 0 amide bonds. The Bertz CT molecular complexity index is 159. The van der Waals surface area contributed by atoms with Crippen molar-refractivity contribution in [3.05, 3.63) is 24.3 Å². The lowest BCUT2D eigenvalue weighted by Crippen LogP contribution is -2.13. The molecule has 0 rings (SSSR count). The Balaban J connectivity index is 3.16. The van der Waals surface area contributed by atoms with Crippen molar-refractivity contribution >= 4 is 0 Å². The van der Waals surface area contributed by atoms with Crippen LogP contribution in [0.1, 0.15) is 39.5 Å². The van der Waals surface area contributed by atoms with Crippen molar-refractivity contribution < 1.29 is 0 Å². The van der Waals surface area contributed by atoms with Gasteiger partial charge in [0.1, 0.15) is 0 Å². The van der Waals surface area contributed by atoms with Crippen molar-refractivity contribution in [2.24, 2.45) is 0 Å². The predicted molar refractivity (Wildman–Crippen MR) is 61.0 cm³/mol. The minimum Gasteiger partial charge on any atom is -0.317 e. The van der Waals surface area contributed by atoms with E-state index in [4.69, 9.17) is 0 Å². The molecular weight excluding hydrogens is 158 g/mol. The lowest BCUT2D eigenvalue weighted by atomic mass is 10.0. The Kier molecular flexibility index (Phi) is 7.71. The van der Waals surface area contributed by atoms with E-state index in [1.165, 1.54) is 24.8 Å². The van der Waals surface area contributed by atoms with Crippen LogP contribution < -0.4 is 5.32 Å². The molecule has 0 aromatic heterocycles. The maximum absolute atomic E-state index is 3.97. The third kappa shape index (κ3) is 7.79. The molecule has 0 fully saturated rings. The number of hydrogen-bond donors (Lipinski definition) is 1. The molecule has 0 heterocycles. The third-order valence-electron chi connectivity index (χ3n) is 2.19. The highest BCUT2D eigenvalue weighted by Gasteiger charge is 1.94. The monoisotopic (exact) mass is 181 g/mol. The minimum atomic E-state index is 1.08. The maximum atomic E-state index is 3.97. The number of unbranched alkanes of at least 4 members (excludes halogenated alkanes) is 2. The van der Waals surface area contributed by atoms with Crippen LogP contribution in [0.4, 0.5) is 0 Å². The molecule has 0 aliphatic carbocycles. The summed E-state index contributed by atoms with van der Waals surface area (Å²) in [6.45, 7) is 14.2. The molecule has 13 heavy (non-hydrogen) atoms. The topological polar surface area (TPSA) is 12.0 Å². The van der Waals surface area contributed by atoms with Gasteiger partial charge in [0, 0.05) is 0 Å². The fraction of sp³-hybridized carbons (Fsp3) is 0.667. The molecule has 76 valence electrons. The molecule has 0 radical (unpaired) electrons. The van der Waals surface area contributed by atoms with E-state index in [2.05, 4.69) is 25.4 Å². The average Bonchev–Trinajstić information content (AvgIpc) is 2.10. The highest BCUT2D eigenvalue weighted by molar-refractivity contribution is 5.22. The van der Waals surface area contributed by atoms with E-state index in [1.54, 1.807) is 0 Å². The van der Waals surface area contributed by atoms with Gasteiger partial charge >= 0.3 is 0 Å². The van der Waals surface area contributed by atoms with Crippen molar-refractivity contribution in [2.45, 2.75) is 39.5 Å². The maximum Gasteiger partial charge on any atom is -0.00490 e. The van der Waals surface area contributed by atoms with Crippen molar-refractivity contribution in [1.29, 1.82) is 0 Å². The summed E-state index contributed by atoms with van der Waals surface area (Å²) in [6, 6.07) is 0. The second kappa shape index (κ2) is 8.06. The second-order valence-corrected chi connectivity index (χ2v) is 3.55. The Morgan fingerprint density at radius 3 is 2.38 bits per heavy atom. The number of hydrogen-bond acceptors (Lipinski definition) is 1. The smallest absolute Gasteiger partial charge is 0.00490 e. The van der Waals surface area contributed by atoms with Crippen molar-refractivity contribution in [2.75, 3.05) is 13.1 Å². The van der Waals surface area contributed by atoms with Crippen LogP contribution in [0, 0.1) is 0 Å². The molecule has 0 aliphatic rings. The summed E-state index contributed by atoms with van der Waals surface area (Å²) in [5, 5.41) is 3.32. The number of rotatable bonds is 8. The van der Waals surface area contributed by atoms with E-state index in [0.29, 0.717) is 0 Å².